The lowest BCUT2D eigenvalue weighted by molar-refractivity contribution is 0.0910. The maximum atomic E-state index is 13.5. The van der Waals surface area contributed by atoms with Gasteiger partial charge >= 0.3 is 0 Å². The number of halogens is 1. The van der Waals surface area contributed by atoms with E-state index in [1.165, 1.54) is 29.0 Å². The Balaban J connectivity index is 1.91. The fraction of sp³-hybridized carbons (Fsp3) is 0.208. The van der Waals surface area contributed by atoms with E-state index >= 15 is 0 Å². The summed E-state index contributed by atoms with van der Waals surface area (Å²) in [5.41, 5.74) is 0.654. The Bertz CT molecular complexity index is 1210. The van der Waals surface area contributed by atoms with Gasteiger partial charge in [0.05, 0.1) is 0 Å². The first-order valence-electron chi connectivity index (χ1n) is 9.69. The van der Waals surface area contributed by atoms with Crippen LogP contribution in [0.1, 0.15) is 46.5 Å². The first-order chi connectivity index (χ1) is 14.2. The Labute approximate surface area is 173 Å². The van der Waals surface area contributed by atoms with Gasteiger partial charge in [-0.2, -0.15) is 0 Å². The highest BCUT2D eigenvalue weighted by Gasteiger charge is 2.36. The van der Waals surface area contributed by atoms with Crippen molar-refractivity contribution >= 4 is 17.4 Å². The zero-order chi connectivity index (χ0) is 21.5. The van der Waals surface area contributed by atoms with Crippen LogP contribution < -0.4 is 10.9 Å². The van der Waals surface area contributed by atoms with E-state index in [-0.39, 0.29) is 22.4 Å². The topological polar surface area (TPSA) is 68.2 Å². The van der Waals surface area contributed by atoms with E-state index in [1.807, 2.05) is 19.9 Å². The molecule has 0 saturated heterocycles. The van der Waals surface area contributed by atoms with E-state index < -0.39 is 17.3 Å². The quantitative estimate of drug-likeness (QED) is 0.704. The third kappa shape index (κ3) is 3.68. The predicted molar refractivity (Wildman–Crippen MR) is 113 cm³/mol. The van der Waals surface area contributed by atoms with Crippen LogP contribution in [0.3, 0.4) is 0 Å². The Hall–Kier alpha value is -3.54. The van der Waals surface area contributed by atoms with Crippen molar-refractivity contribution in [2.24, 2.45) is 5.41 Å². The van der Waals surface area contributed by atoms with Gasteiger partial charge in [-0.25, -0.2) is 4.39 Å². The second kappa shape index (κ2) is 7.37. The van der Waals surface area contributed by atoms with E-state index in [9.17, 15) is 18.8 Å². The molecular formula is C24H21FN2O3. The number of benzene rings is 2. The normalized spacial score (nSPS) is 14.8. The maximum absolute atomic E-state index is 13.5. The van der Waals surface area contributed by atoms with Crippen molar-refractivity contribution in [3.05, 3.63) is 93.7 Å². The molecule has 0 spiro atoms. The lowest BCUT2D eigenvalue weighted by atomic mass is 9.73. The average molecular weight is 404 g/mol. The third-order valence-corrected chi connectivity index (χ3v) is 5.26. The molecule has 4 rings (SSSR count). The summed E-state index contributed by atoms with van der Waals surface area (Å²) < 4.78 is 14.9. The number of anilines is 1. The summed E-state index contributed by atoms with van der Waals surface area (Å²) in [5, 5.41) is 2.61. The molecular weight excluding hydrogens is 383 g/mol. The summed E-state index contributed by atoms with van der Waals surface area (Å²) >= 11 is 0. The van der Waals surface area contributed by atoms with Crippen LogP contribution in [0.2, 0.25) is 0 Å². The average Bonchev–Trinajstić information content (AvgIpc) is 2.67. The number of Topliss-reactive ketones (excluding diaryl/α,β-unsaturated/α-hetero) is 1. The van der Waals surface area contributed by atoms with E-state index in [0.717, 1.165) is 0 Å². The molecule has 1 aliphatic carbocycles. The van der Waals surface area contributed by atoms with Crippen molar-refractivity contribution in [2.75, 3.05) is 5.32 Å². The molecule has 0 unspecified atom stereocenters. The van der Waals surface area contributed by atoms with Crippen molar-refractivity contribution in [3.63, 3.8) is 0 Å². The maximum Gasteiger partial charge on any atom is 0.268 e. The second-order valence-electron chi connectivity index (χ2n) is 8.31. The van der Waals surface area contributed by atoms with Crippen LogP contribution in [-0.4, -0.2) is 16.3 Å². The molecule has 0 saturated carbocycles. The van der Waals surface area contributed by atoms with Crippen LogP contribution >= 0.6 is 0 Å². The first kappa shape index (κ1) is 19.8. The molecule has 1 N–H and O–H groups in total. The predicted octanol–water partition coefficient (Wildman–Crippen LogP) is 4.38. The van der Waals surface area contributed by atoms with Gasteiger partial charge in [-0.1, -0.05) is 38.1 Å². The van der Waals surface area contributed by atoms with E-state index in [0.29, 0.717) is 29.7 Å². The number of fused-ring (bicyclic) bond motifs is 1. The van der Waals surface area contributed by atoms with Crippen LogP contribution in [-0.2, 0) is 6.42 Å². The lowest BCUT2D eigenvalue weighted by Crippen LogP contribution is -2.37. The van der Waals surface area contributed by atoms with Crippen LogP contribution in [0.4, 0.5) is 10.1 Å². The van der Waals surface area contributed by atoms with Crippen LogP contribution in [0.25, 0.3) is 5.69 Å². The fourth-order valence-electron chi connectivity index (χ4n) is 3.92. The molecule has 30 heavy (non-hydrogen) atoms. The van der Waals surface area contributed by atoms with E-state index in [1.54, 1.807) is 30.3 Å². The monoisotopic (exact) mass is 404 g/mol. The number of pyridine rings is 1. The van der Waals surface area contributed by atoms with Crippen LogP contribution in [0.15, 0.2) is 65.6 Å². The number of amides is 1. The molecule has 0 fully saturated rings. The summed E-state index contributed by atoms with van der Waals surface area (Å²) in [6, 6.07) is 14.3. The van der Waals surface area contributed by atoms with Gasteiger partial charge < -0.3 is 5.32 Å². The van der Waals surface area contributed by atoms with Gasteiger partial charge in [0, 0.05) is 29.6 Å². The number of carbonyl (C=O) groups excluding carboxylic acids is 2. The summed E-state index contributed by atoms with van der Waals surface area (Å²) in [6.45, 7) is 3.87. The molecule has 1 aliphatic rings. The number of carbonyl (C=O) groups is 2. The van der Waals surface area contributed by atoms with Gasteiger partial charge in [0.15, 0.2) is 5.78 Å². The number of rotatable bonds is 3. The van der Waals surface area contributed by atoms with E-state index in [2.05, 4.69) is 5.32 Å². The molecule has 2 aromatic carbocycles. The minimum absolute atomic E-state index is 0.0817. The van der Waals surface area contributed by atoms with Crippen molar-refractivity contribution < 1.29 is 14.0 Å². The molecule has 0 atom stereocenters. The first-order valence-corrected chi connectivity index (χ1v) is 9.69. The molecule has 6 heteroatoms. The number of aromatic nitrogens is 1. The van der Waals surface area contributed by atoms with Crippen molar-refractivity contribution in [2.45, 2.75) is 26.7 Å². The minimum atomic E-state index is -0.655. The zero-order valence-electron chi connectivity index (χ0n) is 16.7. The Morgan fingerprint density at radius 1 is 1.03 bits per heavy atom. The lowest BCUT2D eigenvalue weighted by Gasteiger charge is -2.31. The number of hydrogen-bond donors (Lipinski definition) is 1. The van der Waals surface area contributed by atoms with Gasteiger partial charge in [-0.3, -0.25) is 19.0 Å². The number of hydrogen-bond acceptors (Lipinski definition) is 3. The van der Waals surface area contributed by atoms with Crippen molar-refractivity contribution in [1.82, 2.24) is 4.57 Å². The molecule has 0 bridgehead atoms. The highest BCUT2D eigenvalue weighted by Crippen LogP contribution is 2.36. The van der Waals surface area contributed by atoms with Crippen molar-refractivity contribution in [1.29, 1.82) is 0 Å². The smallest absolute Gasteiger partial charge is 0.268 e. The number of para-hydroxylation sites is 1. The third-order valence-electron chi connectivity index (χ3n) is 5.26. The van der Waals surface area contributed by atoms with Crippen molar-refractivity contribution in [3.8, 4) is 5.69 Å². The highest BCUT2D eigenvalue weighted by molar-refractivity contribution is 6.08. The largest absolute Gasteiger partial charge is 0.322 e. The summed E-state index contributed by atoms with van der Waals surface area (Å²) in [6.07, 6.45) is 2.28. The number of nitrogens with one attached hydrogen (secondary N) is 1. The van der Waals surface area contributed by atoms with Crippen LogP contribution in [0, 0.1) is 11.2 Å². The fourth-order valence-corrected chi connectivity index (χ4v) is 3.92. The Morgan fingerprint density at radius 3 is 2.47 bits per heavy atom. The van der Waals surface area contributed by atoms with Crippen LogP contribution in [0.5, 0.6) is 0 Å². The second-order valence-corrected chi connectivity index (χ2v) is 8.31. The molecule has 0 aliphatic heterocycles. The molecule has 152 valence electrons. The molecule has 1 aromatic heterocycles. The van der Waals surface area contributed by atoms with Gasteiger partial charge in [-0.05, 0) is 47.7 Å². The molecule has 0 radical (unpaired) electrons. The Kier molecular flexibility index (Phi) is 4.86. The summed E-state index contributed by atoms with van der Waals surface area (Å²) in [7, 11) is 0. The Morgan fingerprint density at radius 2 is 1.77 bits per heavy atom. The molecule has 1 amide bonds. The van der Waals surface area contributed by atoms with Gasteiger partial charge in [0.25, 0.3) is 11.5 Å². The number of ketones is 1. The molecule has 5 nitrogen and oxygen atoms in total. The SMILES string of the molecule is CC1(C)CC(=O)c2cn(-c3ccccc3)c(=O)c(C(=O)Nc3cccc(F)c3)c2C1. The van der Waals surface area contributed by atoms with Gasteiger partial charge in [0.2, 0.25) is 0 Å². The molecule has 1 heterocycles. The molecule has 3 aromatic rings. The zero-order valence-corrected chi connectivity index (χ0v) is 16.7. The summed E-state index contributed by atoms with van der Waals surface area (Å²) in [4.78, 5) is 39.4. The standard InChI is InChI=1S/C24H21FN2O3/c1-24(2)12-18-19(20(28)13-24)14-27(17-9-4-3-5-10-17)23(30)21(18)22(29)26-16-8-6-7-15(25)11-16/h3-11,14H,12-13H2,1-2H3,(H,26,29). The summed E-state index contributed by atoms with van der Waals surface area (Å²) in [5.74, 6) is -1.26. The number of nitrogens with zero attached hydrogens (tertiary/aromatic N) is 1. The van der Waals surface area contributed by atoms with E-state index in [4.69, 9.17) is 0 Å². The van der Waals surface area contributed by atoms with Gasteiger partial charge in [-0.15, -0.1) is 0 Å². The van der Waals surface area contributed by atoms with Gasteiger partial charge in [0.1, 0.15) is 11.4 Å². The minimum Gasteiger partial charge on any atom is -0.322 e. The highest BCUT2D eigenvalue weighted by atomic mass is 19.1.